The van der Waals surface area contributed by atoms with Crippen molar-refractivity contribution in [3.63, 3.8) is 0 Å². The van der Waals surface area contributed by atoms with E-state index in [1.165, 1.54) is 0 Å². The first-order valence-electron chi connectivity index (χ1n) is 10.1. The number of hydrogen-bond donors (Lipinski definition) is 3. The summed E-state index contributed by atoms with van der Waals surface area (Å²) in [5.41, 5.74) is 7.86. The average molecular weight is 403 g/mol. The number of rotatable bonds is 0. The number of hydrogen-bond acceptors (Lipinski definition) is 3. The van der Waals surface area contributed by atoms with Crippen LogP contribution < -0.4 is 5.32 Å². The van der Waals surface area contributed by atoms with Crippen molar-refractivity contribution < 1.29 is 0 Å². The molecule has 0 saturated carbocycles. The Hall–Kier alpha value is -4.38. The van der Waals surface area contributed by atoms with Crippen molar-refractivity contribution in [2.75, 3.05) is 0 Å². The van der Waals surface area contributed by atoms with Gasteiger partial charge in [0.25, 0.3) is 0 Å². The van der Waals surface area contributed by atoms with Gasteiger partial charge in [0.15, 0.2) is 0 Å². The summed E-state index contributed by atoms with van der Waals surface area (Å²) >= 11 is 0. The van der Waals surface area contributed by atoms with Crippen LogP contribution in [-0.2, 0) is 0 Å². The van der Waals surface area contributed by atoms with E-state index in [1.807, 2.05) is 79.2 Å². The Balaban J connectivity index is 0.000000250. The van der Waals surface area contributed by atoms with E-state index < -0.39 is 0 Å². The van der Waals surface area contributed by atoms with E-state index in [1.54, 1.807) is 0 Å². The number of H-pyrrole nitrogens is 2. The molecular formula is C26H21N5. The summed E-state index contributed by atoms with van der Waals surface area (Å²) < 4.78 is 0. The number of aromatic nitrogens is 4. The molecule has 0 aliphatic carbocycles. The second kappa shape index (κ2) is 8.55. The van der Waals surface area contributed by atoms with Crippen LogP contribution in [-0.4, -0.2) is 19.9 Å². The van der Waals surface area contributed by atoms with Crippen LogP contribution >= 0.6 is 0 Å². The van der Waals surface area contributed by atoms with Crippen molar-refractivity contribution in [3.8, 4) is 0 Å². The van der Waals surface area contributed by atoms with Gasteiger partial charge in [0, 0.05) is 34.5 Å². The molecule has 0 fully saturated rings. The Morgan fingerprint density at radius 3 is 1.35 bits per heavy atom. The van der Waals surface area contributed by atoms with Gasteiger partial charge in [0.2, 0.25) is 0 Å². The van der Waals surface area contributed by atoms with Gasteiger partial charge in [-0.1, -0.05) is 12.2 Å². The summed E-state index contributed by atoms with van der Waals surface area (Å²) in [6.45, 7) is 0. The Bertz CT molecular complexity index is 1310. The largest absolute Gasteiger partial charge is 0.368 e. The molecule has 5 heteroatoms. The maximum atomic E-state index is 4.62. The van der Waals surface area contributed by atoms with E-state index in [2.05, 4.69) is 55.6 Å². The molecule has 0 spiro atoms. The lowest BCUT2D eigenvalue weighted by atomic mass is 10.3. The van der Waals surface area contributed by atoms with Crippen LogP contribution in [0.1, 0.15) is 22.8 Å². The fourth-order valence-electron chi connectivity index (χ4n) is 3.35. The standard InChI is InChI=1S/C20H14N4.C6H7N/c1-2-14-10-16-5-6-18(23-16)12-20-8-7-19(24-20)11-17-4-3-15(22-17)9-13(1)21-14;1-2-4-6-7-5-3-1/h1-12,21-22H;1-7H. The van der Waals surface area contributed by atoms with Crippen LogP contribution in [0.25, 0.3) is 46.4 Å². The highest BCUT2D eigenvalue weighted by molar-refractivity contribution is 5.77. The first-order chi connectivity index (χ1) is 15.3. The minimum absolute atomic E-state index is 0.915. The van der Waals surface area contributed by atoms with E-state index >= 15 is 0 Å². The summed E-state index contributed by atoms with van der Waals surface area (Å²) in [6, 6.07) is 16.4. The molecule has 3 aromatic rings. The SMILES string of the molecule is C1=CC=CNC=C1.C1=Cc2cc3ccc(cc4ccc(cc5nc(cc1n2)C=C5)[nH]4)[nH]3. The topological polar surface area (TPSA) is 69.4 Å². The van der Waals surface area contributed by atoms with Crippen LogP contribution in [0.4, 0.5) is 0 Å². The number of aromatic amines is 2. The third-order valence-corrected chi connectivity index (χ3v) is 4.76. The number of nitrogens with one attached hydrogen (secondary N) is 3. The van der Waals surface area contributed by atoms with Gasteiger partial charge in [-0.2, -0.15) is 0 Å². The molecule has 31 heavy (non-hydrogen) atoms. The zero-order valence-corrected chi connectivity index (χ0v) is 16.8. The maximum Gasteiger partial charge on any atom is 0.0659 e. The fourth-order valence-corrected chi connectivity index (χ4v) is 3.35. The normalized spacial score (nSPS) is 13.4. The third-order valence-electron chi connectivity index (χ3n) is 4.76. The van der Waals surface area contributed by atoms with E-state index in [0.717, 1.165) is 44.8 Å². The van der Waals surface area contributed by atoms with Crippen molar-refractivity contribution in [1.29, 1.82) is 0 Å². The smallest absolute Gasteiger partial charge is 0.0659 e. The highest BCUT2D eigenvalue weighted by Crippen LogP contribution is 2.17. The highest BCUT2D eigenvalue weighted by Gasteiger charge is 2.02. The van der Waals surface area contributed by atoms with Gasteiger partial charge in [-0.05, 0) is 85.0 Å². The summed E-state index contributed by atoms with van der Waals surface area (Å²) in [4.78, 5) is 16.0. The molecular weight excluding hydrogens is 382 g/mol. The molecule has 150 valence electrons. The van der Waals surface area contributed by atoms with Gasteiger partial charge < -0.3 is 15.3 Å². The molecule has 0 radical (unpaired) electrons. The van der Waals surface area contributed by atoms with E-state index in [4.69, 9.17) is 0 Å². The Labute approximate surface area is 179 Å². The molecule has 5 nitrogen and oxygen atoms in total. The van der Waals surface area contributed by atoms with Gasteiger partial charge in [-0.15, -0.1) is 0 Å². The zero-order chi connectivity index (χ0) is 20.9. The van der Waals surface area contributed by atoms with Gasteiger partial charge in [0.05, 0.1) is 22.8 Å². The molecule has 0 unspecified atom stereocenters. The van der Waals surface area contributed by atoms with Crippen LogP contribution in [0.2, 0.25) is 0 Å². The van der Waals surface area contributed by atoms with Crippen LogP contribution in [0.3, 0.4) is 0 Å². The predicted octanol–water partition coefficient (Wildman–Crippen LogP) is 5.83. The molecule has 0 atom stereocenters. The van der Waals surface area contributed by atoms with Crippen molar-refractivity contribution in [3.05, 3.63) is 108 Å². The fraction of sp³-hybridized carbons (Fsp3) is 0. The minimum atomic E-state index is 0.915. The molecule has 0 saturated heterocycles. The number of fused-ring (bicyclic) bond motifs is 8. The van der Waals surface area contributed by atoms with E-state index in [0.29, 0.717) is 0 Å². The minimum Gasteiger partial charge on any atom is -0.368 e. The summed E-state index contributed by atoms with van der Waals surface area (Å²) in [5, 5.41) is 2.92. The van der Waals surface area contributed by atoms with Crippen molar-refractivity contribution in [1.82, 2.24) is 25.3 Å². The van der Waals surface area contributed by atoms with Crippen molar-refractivity contribution in [2.45, 2.75) is 0 Å². The predicted molar refractivity (Wildman–Crippen MR) is 129 cm³/mol. The van der Waals surface area contributed by atoms with Crippen molar-refractivity contribution in [2.24, 2.45) is 0 Å². The lowest BCUT2D eigenvalue weighted by Gasteiger charge is -1.86. The first-order valence-corrected chi connectivity index (χ1v) is 10.1. The molecule has 8 bridgehead atoms. The Morgan fingerprint density at radius 2 is 0.871 bits per heavy atom. The molecule has 6 rings (SSSR count). The lowest BCUT2D eigenvalue weighted by molar-refractivity contribution is 1.20. The second-order valence-electron chi connectivity index (χ2n) is 7.17. The maximum absolute atomic E-state index is 4.62. The van der Waals surface area contributed by atoms with Crippen LogP contribution in [0.5, 0.6) is 0 Å². The summed E-state index contributed by atoms with van der Waals surface area (Å²) in [5.74, 6) is 0. The molecule has 3 aliphatic heterocycles. The second-order valence-corrected chi connectivity index (χ2v) is 7.17. The van der Waals surface area contributed by atoms with Gasteiger partial charge in [-0.3, -0.25) is 0 Å². The first kappa shape index (κ1) is 18.6. The highest BCUT2D eigenvalue weighted by atomic mass is 14.8. The Kier molecular flexibility index (Phi) is 5.14. The Morgan fingerprint density at radius 1 is 0.452 bits per heavy atom. The quantitative estimate of drug-likeness (QED) is 0.305. The van der Waals surface area contributed by atoms with Gasteiger partial charge in [0.1, 0.15) is 0 Å². The van der Waals surface area contributed by atoms with Gasteiger partial charge in [-0.25, -0.2) is 9.97 Å². The molecule has 0 aromatic carbocycles. The van der Waals surface area contributed by atoms with Gasteiger partial charge >= 0.3 is 0 Å². The number of allylic oxidation sites excluding steroid dienone is 4. The summed E-state index contributed by atoms with van der Waals surface area (Å²) in [6.07, 6.45) is 19.6. The molecule has 3 aromatic heterocycles. The van der Waals surface area contributed by atoms with Crippen molar-refractivity contribution >= 4 is 46.4 Å². The zero-order valence-electron chi connectivity index (χ0n) is 16.8. The van der Waals surface area contributed by atoms with Crippen LogP contribution in [0, 0.1) is 0 Å². The monoisotopic (exact) mass is 403 g/mol. The molecule has 0 amide bonds. The average Bonchev–Trinajstić information content (AvgIpc) is 3.53. The molecule has 3 aliphatic rings. The third kappa shape index (κ3) is 4.79. The van der Waals surface area contributed by atoms with Crippen LogP contribution in [0.15, 0.2) is 85.2 Å². The molecule has 3 N–H and O–H groups in total. The molecule has 6 heterocycles. The van der Waals surface area contributed by atoms with E-state index in [-0.39, 0.29) is 0 Å². The lowest BCUT2D eigenvalue weighted by Crippen LogP contribution is -1.87. The number of nitrogens with zero attached hydrogens (tertiary/aromatic N) is 2. The van der Waals surface area contributed by atoms with E-state index in [9.17, 15) is 0 Å². The summed E-state index contributed by atoms with van der Waals surface area (Å²) in [7, 11) is 0.